The third-order valence-corrected chi connectivity index (χ3v) is 7.14. The average Bonchev–Trinajstić information content (AvgIpc) is 2.76. The lowest BCUT2D eigenvalue weighted by Crippen LogP contribution is -2.53. The second-order valence-electron chi connectivity index (χ2n) is 7.58. The van der Waals surface area contributed by atoms with Gasteiger partial charge in [0.1, 0.15) is 12.0 Å². The molecule has 2 aromatic rings. The molecule has 0 bridgehead atoms. The van der Waals surface area contributed by atoms with Gasteiger partial charge in [0, 0.05) is 13.1 Å². The number of carbonyl (C=O) groups is 2. The third-order valence-electron chi connectivity index (χ3n) is 5.10. The van der Waals surface area contributed by atoms with E-state index in [-0.39, 0.29) is 30.1 Å². The summed E-state index contributed by atoms with van der Waals surface area (Å²) in [5.74, 6) is -2.25. The number of aryl methyl sites for hydroxylation is 2. The predicted molar refractivity (Wildman–Crippen MR) is 115 cm³/mol. The summed E-state index contributed by atoms with van der Waals surface area (Å²) in [5.41, 5.74) is 2.20. The number of nitrogens with zero attached hydrogens (tertiary/aromatic N) is 1. The van der Waals surface area contributed by atoms with Crippen molar-refractivity contribution in [3.63, 3.8) is 0 Å². The number of sulfonamides is 1. The minimum Gasteiger partial charge on any atom is -0.360 e. The molecule has 10 heteroatoms. The van der Waals surface area contributed by atoms with Gasteiger partial charge in [0.2, 0.25) is 10.0 Å². The van der Waals surface area contributed by atoms with Gasteiger partial charge >= 0.3 is 11.8 Å². The largest absolute Gasteiger partial charge is 0.360 e. The monoisotopic (exact) mass is 463 g/mol. The van der Waals surface area contributed by atoms with Crippen LogP contribution in [0, 0.1) is 19.7 Å². The summed E-state index contributed by atoms with van der Waals surface area (Å²) in [6, 6.07) is 10.9. The molecule has 0 saturated carbocycles. The van der Waals surface area contributed by atoms with Crippen molar-refractivity contribution in [2.75, 3.05) is 19.7 Å². The van der Waals surface area contributed by atoms with Crippen molar-refractivity contribution < 1.29 is 27.1 Å². The molecule has 0 aliphatic carbocycles. The maximum Gasteiger partial charge on any atom is 0.309 e. The fraction of sp³-hybridized carbons (Fsp3) is 0.364. The molecule has 3 rings (SSSR count). The predicted octanol–water partition coefficient (Wildman–Crippen LogP) is 1.61. The van der Waals surface area contributed by atoms with Crippen LogP contribution in [0.3, 0.4) is 0 Å². The fourth-order valence-electron chi connectivity index (χ4n) is 3.36. The van der Waals surface area contributed by atoms with Crippen molar-refractivity contribution in [3.8, 4) is 0 Å². The number of amides is 2. The molecule has 32 heavy (non-hydrogen) atoms. The molecule has 8 nitrogen and oxygen atoms in total. The Morgan fingerprint density at radius 1 is 1.09 bits per heavy atom. The number of benzene rings is 2. The quantitative estimate of drug-likeness (QED) is 0.634. The Bertz CT molecular complexity index is 1090. The molecule has 0 unspecified atom stereocenters. The average molecular weight is 464 g/mol. The first-order valence-corrected chi connectivity index (χ1v) is 11.6. The van der Waals surface area contributed by atoms with Crippen molar-refractivity contribution >= 4 is 21.8 Å². The van der Waals surface area contributed by atoms with Crippen molar-refractivity contribution in [1.82, 2.24) is 14.9 Å². The van der Waals surface area contributed by atoms with E-state index in [1.807, 2.05) is 31.2 Å². The number of nitrogens with one attached hydrogen (secondary N) is 2. The van der Waals surface area contributed by atoms with Gasteiger partial charge in [-0.25, -0.2) is 12.8 Å². The molecule has 1 aliphatic heterocycles. The summed E-state index contributed by atoms with van der Waals surface area (Å²) in [6.07, 6.45) is -0.506. The van der Waals surface area contributed by atoms with E-state index in [1.54, 1.807) is 0 Å². The first kappa shape index (κ1) is 23.8. The molecule has 2 amide bonds. The number of hydrogen-bond donors (Lipinski definition) is 2. The highest BCUT2D eigenvalue weighted by atomic mass is 32.2. The number of carbonyl (C=O) groups excluding carboxylic acids is 2. The van der Waals surface area contributed by atoms with Crippen LogP contribution in [0.25, 0.3) is 0 Å². The van der Waals surface area contributed by atoms with Gasteiger partial charge < -0.3 is 15.4 Å². The topological polar surface area (TPSA) is 105 Å². The first-order chi connectivity index (χ1) is 15.2. The Morgan fingerprint density at radius 2 is 1.78 bits per heavy atom. The highest BCUT2D eigenvalue weighted by molar-refractivity contribution is 7.89. The first-order valence-electron chi connectivity index (χ1n) is 10.2. The van der Waals surface area contributed by atoms with Gasteiger partial charge in [-0.1, -0.05) is 29.8 Å². The summed E-state index contributed by atoms with van der Waals surface area (Å²) in [7, 11) is -3.99. The Balaban J connectivity index is 1.61. The Labute approximate surface area is 186 Å². The van der Waals surface area contributed by atoms with E-state index in [9.17, 15) is 22.4 Å². The maximum absolute atomic E-state index is 13.4. The lowest BCUT2D eigenvalue weighted by Gasteiger charge is -2.34. The van der Waals surface area contributed by atoms with Gasteiger partial charge in [0.05, 0.1) is 18.0 Å². The highest BCUT2D eigenvalue weighted by Gasteiger charge is 2.35. The van der Waals surface area contributed by atoms with Gasteiger partial charge in [-0.05, 0) is 49.6 Å². The molecular formula is C22H26FN3O5S. The van der Waals surface area contributed by atoms with Gasteiger partial charge in [-0.3, -0.25) is 9.59 Å². The Morgan fingerprint density at radius 3 is 2.47 bits per heavy atom. The Kier molecular flexibility index (Phi) is 7.60. The Hall–Kier alpha value is -2.82. The maximum atomic E-state index is 13.4. The van der Waals surface area contributed by atoms with Crippen LogP contribution < -0.4 is 10.6 Å². The van der Waals surface area contributed by atoms with Crippen LogP contribution in [0.4, 0.5) is 4.39 Å². The molecule has 0 radical (unpaired) electrons. The summed E-state index contributed by atoms with van der Waals surface area (Å²) >= 11 is 0. The molecule has 0 aromatic heterocycles. The molecule has 0 spiro atoms. The van der Waals surface area contributed by atoms with Crippen molar-refractivity contribution in [2.24, 2.45) is 0 Å². The van der Waals surface area contributed by atoms with Crippen LogP contribution in [0.15, 0.2) is 47.4 Å². The molecule has 172 valence electrons. The number of rotatable bonds is 6. The SMILES string of the molecule is Cc1ccc(CNC(=O)C(=O)NC[C@@H]2OCCCN2S(=O)(=O)c2ccc(F)cc2C)cc1. The van der Waals surface area contributed by atoms with E-state index in [2.05, 4.69) is 10.6 Å². The summed E-state index contributed by atoms with van der Waals surface area (Å²) in [6.45, 7) is 3.95. The normalized spacial score (nSPS) is 17.0. The summed E-state index contributed by atoms with van der Waals surface area (Å²) in [5, 5.41) is 4.96. The van der Waals surface area contributed by atoms with Crippen LogP contribution in [0.2, 0.25) is 0 Å². The molecular weight excluding hydrogens is 437 g/mol. The van der Waals surface area contributed by atoms with E-state index < -0.39 is 33.9 Å². The molecule has 1 saturated heterocycles. The molecule has 1 atom stereocenters. The lowest BCUT2D eigenvalue weighted by atomic mass is 10.1. The number of hydrogen-bond acceptors (Lipinski definition) is 5. The van der Waals surface area contributed by atoms with E-state index >= 15 is 0 Å². The van der Waals surface area contributed by atoms with Gasteiger partial charge in [0.15, 0.2) is 0 Å². The van der Waals surface area contributed by atoms with Crippen molar-refractivity contribution in [3.05, 3.63) is 65.0 Å². The van der Waals surface area contributed by atoms with Crippen molar-refractivity contribution in [1.29, 1.82) is 0 Å². The van der Waals surface area contributed by atoms with Gasteiger partial charge in [-0.15, -0.1) is 0 Å². The smallest absolute Gasteiger partial charge is 0.309 e. The molecule has 2 aromatic carbocycles. The minimum absolute atomic E-state index is 0.0310. The third kappa shape index (κ3) is 5.70. The number of ether oxygens (including phenoxy) is 1. The van der Waals surface area contributed by atoms with E-state index in [1.165, 1.54) is 13.0 Å². The zero-order valence-electron chi connectivity index (χ0n) is 17.9. The van der Waals surface area contributed by atoms with E-state index in [0.717, 1.165) is 27.6 Å². The second kappa shape index (κ2) is 10.2. The molecule has 1 fully saturated rings. The zero-order valence-corrected chi connectivity index (χ0v) is 18.7. The zero-order chi connectivity index (χ0) is 23.3. The van der Waals surface area contributed by atoms with Gasteiger partial charge in [0.25, 0.3) is 0 Å². The summed E-state index contributed by atoms with van der Waals surface area (Å²) in [4.78, 5) is 24.3. The van der Waals surface area contributed by atoms with Crippen LogP contribution >= 0.6 is 0 Å². The van der Waals surface area contributed by atoms with Crippen LogP contribution in [-0.4, -0.2) is 50.5 Å². The molecule has 2 N–H and O–H groups in total. The molecule has 1 heterocycles. The van der Waals surface area contributed by atoms with Crippen LogP contribution in [0.5, 0.6) is 0 Å². The van der Waals surface area contributed by atoms with Crippen molar-refractivity contribution in [2.45, 2.75) is 37.9 Å². The minimum atomic E-state index is -3.99. The van der Waals surface area contributed by atoms with Gasteiger partial charge in [-0.2, -0.15) is 4.31 Å². The summed E-state index contributed by atoms with van der Waals surface area (Å²) < 4.78 is 46.3. The lowest BCUT2D eigenvalue weighted by molar-refractivity contribution is -0.140. The van der Waals surface area contributed by atoms with Crippen LogP contribution in [0.1, 0.15) is 23.1 Å². The second-order valence-corrected chi connectivity index (χ2v) is 9.44. The standard InChI is InChI=1S/C22H26FN3O5S/c1-15-4-6-17(7-5-15)13-24-21(27)22(28)25-14-20-26(10-3-11-31-20)32(29,30)19-9-8-18(23)12-16(19)2/h4-9,12,20H,3,10-11,13-14H2,1-2H3,(H,24,27)(H,25,28)/t20-/m0/s1. The van der Waals surface area contributed by atoms with E-state index in [4.69, 9.17) is 4.74 Å². The van der Waals surface area contributed by atoms with E-state index in [0.29, 0.717) is 13.0 Å². The van der Waals surface area contributed by atoms with Crippen LogP contribution in [-0.2, 0) is 30.9 Å². The fourth-order valence-corrected chi connectivity index (χ4v) is 5.13. The number of halogens is 1. The highest BCUT2D eigenvalue weighted by Crippen LogP contribution is 2.25. The molecule has 1 aliphatic rings.